The van der Waals surface area contributed by atoms with Gasteiger partial charge in [-0.15, -0.1) is 0 Å². The number of likely N-dealkylation sites (N-methyl/N-ethyl adjacent to an activating group) is 1. The molecule has 0 amide bonds. The number of benzene rings is 2. The number of methoxy groups -OCH3 is 1. The van der Waals surface area contributed by atoms with Crippen LogP contribution in [0.5, 0.6) is 5.75 Å². The number of fused-ring (bicyclic) bond motifs is 3. The molecule has 0 bridgehead atoms. The van der Waals surface area contributed by atoms with E-state index < -0.39 is 10.0 Å². The first-order chi connectivity index (χ1) is 12.8. The maximum Gasteiger partial charge on any atom is 0.268 e. The van der Waals surface area contributed by atoms with Crippen LogP contribution >= 0.6 is 0 Å². The van der Waals surface area contributed by atoms with Crippen LogP contribution in [0.1, 0.15) is 29.0 Å². The van der Waals surface area contributed by atoms with Crippen molar-refractivity contribution in [2.24, 2.45) is 0 Å². The third-order valence-electron chi connectivity index (χ3n) is 5.88. The van der Waals surface area contributed by atoms with E-state index in [0.29, 0.717) is 5.75 Å². The summed E-state index contributed by atoms with van der Waals surface area (Å²) in [7, 11) is -0.0115. The molecule has 0 aromatic heterocycles. The van der Waals surface area contributed by atoms with Crippen molar-refractivity contribution in [3.63, 3.8) is 0 Å². The lowest BCUT2D eigenvalue weighted by molar-refractivity contribution is -0.886. The van der Waals surface area contributed by atoms with Gasteiger partial charge in [-0.25, -0.2) is 8.42 Å². The number of sulfonamides is 1. The molecule has 1 saturated heterocycles. The number of nitrogens with one attached hydrogen (secondary N) is 1. The third kappa shape index (κ3) is 2.91. The van der Waals surface area contributed by atoms with E-state index in [9.17, 15) is 8.42 Å². The Morgan fingerprint density at radius 3 is 2.56 bits per heavy atom. The van der Waals surface area contributed by atoms with Gasteiger partial charge in [0.1, 0.15) is 10.6 Å². The maximum atomic E-state index is 13.8. The van der Waals surface area contributed by atoms with Crippen LogP contribution in [0.4, 0.5) is 5.69 Å². The molecule has 1 unspecified atom stereocenters. The minimum absolute atomic E-state index is 0.0271. The van der Waals surface area contributed by atoms with E-state index in [1.54, 1.807) is 16.4 Å². The van der Waals surface area contributed by atoms with Crippen molar-refractivity contribution in [2.75, 3.05) is 31.6 Å². The fourth-order valence-corrected chi connectivity index (χ4v) is 6.54. The van der Waals surface area contributed by atoms with Crippen LogP contribution in [0.2, 0.25) is 0 Å². The van der Waals surface area contributed by atoms with Gasteiger partial charge in [-0.05, 0) is 43.2 Å². The zero-order valence-electron chi connectivity index (χ0n) is 16.3. The van der Waals surface area contributed by atoms with E-state index in [2.05, 4.69) is 20.0 Å². The molecule has 144 valence electrons. The monoisotopic (exact) mass is 387 g/mol. The van der Waals surface area contributed by atoms with Gasteiger partial charge in [-0.3, -0.25) is 4.31 Å². The predicted molar refractivity (Wildman–Crippen MR) is 106 cm³/mol. The number of aryl methyl sites for hydroxylation is 2. The Hall–Kier alpha value is -2.05. The van der Waals surface area contributed by atoms with E-state index in [0.717, 1.165) is 36.3 Å². The van der Waals surface area contributed by atoms with Crippen LogP contribution < -0.4 is 13.9 Å². The number of hydrogen-bond donors (Lipinski definition) is 1. The van der Waals surface area contributed by atoms with Gasteiger partial charge in [0.05, 0.1) is 44.9 Å². The van der Waals surface area contributed by atoms with E-state index in [4.69, 9.17) is 4.74 Å². The molecule has 5 nitrogen and oxygen atoms in total. The van der Waals surface area contributed by atoms with Crippen LogP contribution in [0.15, 0.2) is 41.3 Å². The molecule has 0 saturated carbocycles. The molecule has 0 spiro atoms. The summed E-state index contributed by atoms with van der Waals surface area (Å²) < 4.78 is 34.7. The molecule has 2 heterocycles. The number of quaternary nitrogens is 1. The van der Waals surface area contributed by atoms with Gasteiger partial charge in [0.2, 0.25) is 0 Å². The van der Waals surface area contributed by atoms with Crippen LogP contribution in [0, 0.1) is 13.8 Å². The molecule has 0 radical (unpaired) electrons. The summed E-state index contributed by atoms with van der Waals surface area (Å²) in [5.41, 5.74) is 4.06. The summed E-state index contributed by atoms with van der Waals surface area (Å²) in [5.74, 6) is 0.635. The predicted octanol–water partition coefficient (Wildman–Crippen LogP) is 1.89. The number of piperidine rings is 1. The van der Waals surface area contributed by atoms with Crippen LogP contribution in [0.3, 0.4) is 0 Å². The average molecular weight is 388 g/mol. The van der Waals surface area contributed by atoms with Crippen molar-refractivity contribution in [1.29, 1.82) is 0 Å². The van der Waals surface area contributed by atoms with Crippen molar-refractivity contribution in [1.82, 2.24) is 0 Å². The Balaban J connectivity index is 1.89. The summed E-state index contributed by atoms with van der Waals surface area (Å²) >= 11 is 0. The number of rotatable bonds is 3. The first-order valence-corrected chi connectivity index (χ1v) is 10.9. The van der Waals surface area contributed by atoms with Gasteiger partial charge in [-0.2, -0.15) is 0 Å². The molecule has 27 heavy (non-hydrogen) atoms. The van der Waals surface area contributed by atoms with Gasteiger partial charge in [0, 0.05) is 6.42 Å². The summed E-state index contributed by atoms with van der Waals surface area (Å²) in [6, 6.07) is 11.4. The van der Waals surface area contributed by atoms with Crippen molar-refractivity contribution in [3.05, 3.63) is 53.1 Å². The summed E-state index contributed by atoms with van der Waals surface area (Å²) in [6.07, 6.45) is 0.859. The Morgan fingerprint density at radius 1 is 1.11 bits per heavy atom. The highest BCUT2D eigenvalue weighted by Crippen LogP contribution is 2.46. The van der Waals surface area contributed by atoms with Crippen molar-refractivity contribution in [2.45, 2.75) is 37.1 Å². The highest BCUT2D eigenvalue weighted by Gasteiger charge is 2.48. The minimum Gasteiger partial charge on any atom is -0.495 e. The lowest BCUT2D eigenvalue weighted by Crippen LogP contribution is -3.11. The molecular weight excluding hydrogens is 360 g/mol. The highest BCUT2D eigenvalue weighted by atomic mass is 32.2. The summed E-state index contributed by atoms with van der Waals surface area (Å²) in [4.78, 5) is 1.71. The average Bonchev–Trinajstić information content (AvgIpc) is 2.95. The molecule has 1 N–H and O–H groups in total. The van der Waals surface area contributed by atoms with Crippen molar-refractivity contribution < 1.29 is 18.1 Å². The van der Waals surface area contributed by atoms with Crippen LogP contribution in [-0.2, 0) is 10.0 Å². The first kappa shape index (κ1) is 18.3. The van der Waals surface area contributed by atoms with Crippen molar-refractivity contribution >= 4 is 15.7 Å². The normalized spacial score (nSPS) is 24.4. The third-order valence-corrected chi connectivity index (χ3v) is 7.74. The minimum atomic E-state index is -3.72. The topological polar surface area (TPSA) is 51.1 Å². The SMILES string of the molecule is COc1ccc(C)cc1S(=O)(=O)N1c2ccc(C)cc2[C@H]2C[NH+](C)CC[C@@H]21. The smallest absolute Gasteiger partial charge is 0.268 e. The Morgan fingerprint density at radius 2 is 1.81 bits per heavy atom. The molecule has 3 atom stereocenters. The molecule has 2 aliphatic heterocycles. The lowest BCUT2D eigenvalue weighted by Gasteiger charge is -2.35. The van der Waals surface area contributed by atoms with E-state index >= 15 is 0 Å². The van der Waals surface area contributed by atoms with Gasteiger partial charge in [-0.1, -0.05) is 23.8 Å². The number of hydrogen-bond acceptors (Lipinski definition) is 3. The lowest BCUT2D eigenvalue weighted by atomic mass is 9.89. The van der Waals surface area contributed by atoms with Gasteiger partial charge >= 0.3 is 0 Å². The zero-order chi connectivity index (χ0) is 19.3. The van der Waals surface area contributed by atoms with E-state index in [-0.39, 0.29) is 16.9 Å². The second-order valence-corrected chi connectivity index (χ2v) is 9.67. The summed E-state index contributed by atoms with van der Waals surface area (Å²) in [6.45, 7) is 5.90. The Bertz CT molecular complexity index is 987. The van der Waals surface area contributed by atoms with Gasteiger partial charge in [0.25, 0.3) is 10.0 Å². The molecule has 6 heteroatoms. The van der Waals surface area contributed by atoms with Crippen LogP contribution in [-0.4, -0.2) is 41.7 Å². The number of likely N-dealkylation sites (tertiary alicyclic amines) is 1. The zero-order valence-corrected chi connectivity index (χ0v) is 17.1. The second kappa shape index (κ2) is 6.53. The molecule has 4 rings (SSSR count). The Kier molecular flexibility index (Phi) is 4.43. The maximum absolute atomic E-state index is 13.8. The molecule has 2 aliphatic rings. The second-order valence-electron chi connectivity index (χ2n) is 7.89. The van der Waals surface area contributed by atoms with E-state index in [1.165, 1.54) is 17.6 Å². The Labute approximate surface area is 161 Å². The molecular formula is C21H27N2O3S+. The van der Waals surface area contributed by atoms with Crippen LogP contribution in [0.25, 0.3) is 0 Å². The van der Waals surface area contributed by atoms with Gasteiger partial charge < -0.3 is 9.64 Å². The standard InChI is InChI=1S/C21H26N2O3S/c1-14-5-7-18-16(11-14)17-13-22(3)10-9-19(17)23(18)27(24,25)21-12-15(2)6-8-20(21)26-4/h5-8,11-12,17,19H,9-10,13H2,1-4H3/p+1/t17-,19+/m1/s1. The molecule has 2 aromatic carbocycles. The van der Waals surface area contributed by atoms with Gasteiger partial charge in [0.15, 0.2) is 0 Å². The number of nitrogens with zero attached hydrogens (tertiary/aromatic N) is 1. The largest absolute Gasteiger partial charge is 0.495 e. The molecule has 0 aliphatic carbocycles. The van der Waals surface area contributed by atoms with Crippen molar-refractivity contribution in [3.8, 4) is 5.75 Å². The fraction of sp³-hybridized carbons (Fsp3) is 0.429. The number of ether oxygens (including phenoxy) is 1. The first-order valence-electron chi connectivity index (χ1n) is 9.44. The summed E-state index contributed by atoms with van der Waals surface area (Å²) in [5, 5.41) is 0. The fourth-order valence-electron chi connectivity index (χ4n) is 4.56. The van der Waals surface area contributed by atoms with E-state index in [1.807, 2.05) is 25.1 Å². The molecule has 2 aromatic rings. The molecule has 1 fully saturated rings. The highest BCUT2D eigenvalue weighted by molar-refractivity contribution is 7.93. The quantitative estimate of drug-likeness (QED) is 0.875. The number of anilines is 1.